The molecule has 0 spiro atoms. The summed E-state index contributed by atoms with van der Waals surface area (Å²) in [6.07, 6.45) is 2.86. The maximum absolute atomic E-state index is 11.3. The fourth-order valence-electron chi connectivity index (χ4n) is 1.39. The lowest BCUT2D eigenvalue weighted by molar-refractivity contribution is -0.139. The van der Waals surface area contributed by atoms with Gasteiger partial charge in [-0.05, 0) is 23.8 Å². The molecule has 0 aromatic heterocycles. The second-order valence-corrected chi connectivity index (χ2v) is 3.81. The van der Waals surface area contributed by atoms with E-state index < -0.39 is 11.8 Å². The number of rotatable bonds is 6. The molecule has 112 valence electrons. The van der Waals surface area contributed by atoms with E-state index in [4.69, 9.17) is 9.47 Å². The number of hydrazone groups is 1. The van der Waals surface area contributed by atoms with Gasteiger partial charge < -0.3 is 14.8 Å². The smallest absolute Gasteiger partial charge is 0.329 e. The molecule has 0 radical (unpaired) electrons. The Morgan fingerprint density at radius 2 is 1.95 bits per heavy atom. The van der Waals surface area contributed by atoms with Gasteiger partial charge in [-0.3, -0.25) is 9.59 Å². The number of amides is 2. The fourth-order valence-corrected chi connectivity index (χ4v) is 1.39. The second kappa shape index (κ2) is 8.36. The lowest BCUT2D eigenvalue weighted by Gasteiger charge is -2.07. The maximum Gasteiger partial charge on any atom is 0.329 e. The number of nitrogens with one attached hydrogen (secondary N) is 2. The van der Waals surface area contributed by atoms with E-state index in [2.05, 4.69) is 22.4 Å². The van der Waals surface area contributed by atoms with Crippen LogP contribution in [0, 0.1) is 0 Å². The second-order valence-electron chi connectivity index (χ2n) is 3.81. The van der Waals surface area contributed by atoms with Crippen molar-refractivity contribution in [3.63, 3.8) is 0 Å². The molecule has 1 aromatic rings. The van der Waals surface area contributed by atoms with Crippen LogP contribution in [0.5, 0.6) is 11.5 Å². The molecule has 7 heteroatoms. The minimum absolute atomic E-state index is 0.214. The number of methoxy groups -OCH3 is 2. The summed E-state index contributed by atoms with van der Waals surface area (Å²) in [4.78, 5) is 22.6. The molecule has 0 saturated heterocycles. The van der Waals surface area contributed by atoms with Gasteiger partial charge in [0.25, 0.3) is 0 Å². The van der Waals surface area contributed by atoms with Gasteiger partial charge in [-0.15, -0.1) is 6.58 Å². The van der Waals surface area contributed by atoms with E-state index in [1.807, 2.05) is 0 Å². The Labute approximate surface area is 122 Å². The first kappa shape index (κ1) is 16.2. The molecule has 2 N–H and O–H groups in total. The van der Waals surface area contributed by atoms with Gasteiger partial charge in [-0.2, -0.15) is 5.10 Å². The monoisotopic (exact) mass is 291 g/mol. The summed E-state index contributed by atoms with van der Waals surface area (Å²) < 4.78 is 10.2. The van der Waals surface area contributed by atoms with E-state index in [0.29, 0.717) is 17.1 Å². The van der Waals surface area contributed by atoms with Crippen molar-refractivity contribution in [2.45, 2.75) is 0 Å². The highest BCUT2D eigenvalue weighted by molar-refractivity contribution is 6.35. The number of carbonyl (C=O) groups is 2. The third-order valence-corrected chi connectivity index (χ3v) is 2.40. The molecule has 1 rings (SSSR count). The summed E-state index contributed by atoms with van der Waals surface area (Å²) in [5, 5.41) is 6.03. The average Bonchev–Trinajstić information content (AvgIpc) is 2.52. The van der Waals surface area contributed by atoms with E-state index in [1.165, 1.54) is 26.5 Å². The van der Waals surface area contributed by atoms with Crippen molar-refractivity contribution in [3.05, 3.63) is 36.4 Å². The first-order valence-electron chi connectivity index (χ1n) is 6.06. The largest absolute Gasteiger partial charge is 0.493 e. The van der Waals surface area contributed by atoms with E-state index in [0.717, 1.165) is 0 Å². The van der Waals surface area contributed by atoms with Crippen LogP contribution in [-0.4, -0.2) is 38.8 Å². The highest BCUT2D eigenvalue weighted by Crippen LogP contribution is 2.26. The molecule has 0 saturated carbocycles. The van der Waals surface area contributed by atoms with Crippen LogP contribution in [0.2, 0.25) is 0 Å². The van der Waals surface area contributed by atoms with Crippen LogP contribution in [0.4, 0.5) is 0 Å². The number of hydrogen-bond acceptors (Lipinski definition) is 5. The summed E-state index contributed by atoms with van der Waals surface area (Å²) >= 11 is 0. The lowest BCUT2D eigenvalue weighted by atomic mass is 10.2. The first-order valence-corrected chi connectivity index (χ1v) is 6.06. The molecule has 0 heterocycles. The molecule has 2 amide bonds. The zero-order chi connectivity index (χ0) is 15.7. The van der Waals surface area contributed by atoms with Gasteiger partial charge in [-0.1, -0.05) is 6.08 Å². The van der Waals surface area contributed by atoms with Crippen molar-refractivity contribution in [1.82, 2.24) is 10.7 Å². The molecule has 21 heavy (non-hydrogen) atoms. The van der Waals surface area contributed by atoms with E-state index in [9.17, 15) is 9.59 Å². The van der Waals surface area contributed by atoms with E-state index in [1.54, 1.807) is 18.2 Å². The van der Waals surface area contributed by atoms with Crippen LogP contribution < -0.4 is 20.2 Å². The fraction of sp³-hybridized carbons (Fsp3) is 0.214. The molecule has 0 aliphatic rings. The SMILES string of the molecule is C=CCNC(=O)C(=O)N/N=C/c1ccc(OC)c(OC)c1. The van der Waals surface area contributed by atoms with Crippen LogP contribution in [0.3, 0.4) is 0 Å². The molecule has 0 bridgehead atoms. The number of nitrogens with zero attached hydrogens (tertiary/aromatic N) is 1. The number of ether oxygens (including phenoxy) is 2. The number of hydrogen-bond donors (Lipinski definition) is 2. The minimum atomic E-state index is -0.853. The normalized spacial score (nSPS) is 10.0. The van der Waals surface area contributed by atoms with E-state index >= 15 is 0 Å². The highest BCUT2D eigenvalue weighted by Gasteiger charge is 2.10. The van der Waals surface area contributed by atoms with Gasteiger partial charge in [0.15, 0.2) is 11.5 Å². The van der Waals surface area contributed by atoms with Gasteiger partial charge in [0.05, 0.1) is 20.4 Å². The molecule has 0 unspecified atom stereocenters. The molecule has 7 nitrogen and oxygen atoms in total. The van der Waals surface area contributed by atoms with Crippen LogP contribution in [0.15, 0.2) is 36.0 Å². The molecular weight excluding hydrogens is 274 g/mol. The van der Waals surface area contributed by atoms with Gasteiger partial charge in [0.2, 0.25) is 0 Å². The zero-order valence-electron chi connectivity index (χ0n) is 11.9. The van der Waals surface area contributed by atoms with Gasteiger partial charge in [0.1, 0.15) is 0 Å². The predicted octanol–water partition coefficient (Wildman–Crippen LogP) is 0.456. The van der Waals surface area contributed by atoms with E-state index in [-0.39, 0.29) is 6.54 Å². The maximum atomic E-state index is 11.3. The van der Waals surface area contributed by atoms with Crippen LogP contribution in [0.25, 0.3) is 0 Å². The summed E-state index contributed by atoms with van der Waals surface area (Å²) in [6.45, 7) is 3.64. The number of benzene rings is 1. The molecule has 1 aromatic carbocycles. The van der Waals surface area contributed by atoms with Crippen molar-refractivity contribution in [2.75, 3.05) is 20.8 Å². The first-order chi connectivity index (χ1) is 10.1. The van der Waals surface area contributed by atoms with Crippen molar-refractivity contribution in [3.8, 4) is 11.5 Å². The Kier molecular flexibility index (Phi) is 6.46. The van der Waals surface area contributed by atoms with Crippen molar-refractivity contribution in [1.29, 1.82) is 0 Å². The standard InChI is InChI=1S/C14H17N3O4/c1-4-7-15-13(18)14(19)17-16-9-10-5-6-11(20-2)12(8-10)21-3/h4-6,8-9H,1,7H2,2-3H3,(H,15,18)(H,17,19)/b16-9+. The molecule has 0 fully saturated rings. The molecule has 0 atom stereocenters. The van der Waals surface area contributed by atoms with Crippen LogP contribution in [-0.2, 0) is 9.59 Å². The molecule has 0 aliphatic carbocycles. The van der Waals surface area contributed by atoms with Crippen molar-refractivity contribution < 1.29 is 19.1 Å². The summed E-state index contributed by atoms with van der Waals surface area (Å²) in [7, 11) is 3.05. The Hall–Kier alpha value is -2.83. The quantitative estimate of drug-likeness (QED) is 0.345. The van der Waals surface area contributed by atoms with Gasteiger partial charge >= 0.3 is 11.8 Å². The molecule has 0 aliphatic heterocycles. The summed E-state index contributed by atoms with van der Waals surface area (Å²) in [5.74, 6) is -0.507. The third-order valence-electron chi connectivity index (χ3n) is 2.40. The minimum Gasteiger partial charge on any atom is -0.493 e. The van der Waals surface area contributed by atoms with Crippen molar-refractivity contribution in [2.24, 2.45) is 5.10 Å². The Bertz CT molecular complexity index is 555. The van der Waals surface area contributed by atoms with Crippen molar-refractivity contribution >= 4 is 18.0 Å². The summed E-state index contributed by atoms with van der Waals surface area (Å²) in [6, 6.07) is 5.12. The summed E-state index contributed by atoms with van der Waals surface area (Å²) in [5.41, 5.74) is 2.80. The number of carbonyl (C=O) groups excluding carboxylic acids is 2. The predicted molar refractivity (Wildman–Crippen MR) is 78.5 cm³/mol. The lowest BCUT2D eigenvalue weighted by Crippen LogP contribution is -2.37. The topological polar surface area (TPSA) is 89.0 Å². The Balaban J connectivity index is 2.63. The van der Waals surface area contributed by atoms with Crippen LogP contribution in [0.1, 0.15) is 5.56 Å². The average molecular weight is 291 g/mol. The van der Waals surface area contributed by atoms with Gasteiger partial charge in [-0.25, -0.2) is 5.43 Å². The van der Waals surface area contributed by atoms with Crippen LogP contribution >= 0.6 is 0 Å². The van der Waals surface area contributed by atoms with Gasteiger partial charge in [0, 0.05) is 6.54 Å². The molecular formula is C14H17N3O4. The Morgan fingerprint density at radius 3 is 2.57 bits per heavy atom. The highest BCUT2D eigenvalue weighted by atomic mass is 16.5. The Morgan fingerprint density at radius 1 is 1.24 bits per heavy atom. The third kappa shape index (κ3) is 4.98. The zero-order valence-corrected chi connectivity index (χ0v) is 11.9.